The van der Waals surface area contributed by atoms with Gasteiger partial charge in [0.15, 0.2) is 0 Å². The Hall–Kier alpha value is -2.07. The molecule has 0 unspecified atom stereocenters. The minimum absolute atomic E-state index is 0.299. The third kappa shape index (κ3) is 4.06. The van der Waals surface area contributed by atoms with Crippen LogP contribution in [0.15, 0.2) is 36.4 Å². The smallest absolute Gasteiger partial charge is 0.308 e. The first-order valence-corrected chi connectivity index (χ1v) is 11.4. The quantitative estimate of drug-likeness (QED) is 0.467. The van der Waals surface area contributed by atoms with Gasteiger partial charge in [-0.2, -0.15) is 0 Å². The second-order valence-corrected chi connectivity index (χ2v) is 11.5. The Morgan fingerprint density at radius 2 is 1.67 bits per heavy atom. The molecule has 0 fully saturated rings. The van der Waals surface area contributed by atoms with E-state index in [1.54, 1.807) is 0 Å². The Kier molecular flexibility index (Phi) is 5.50. The summed E-state index contributed by atoms with van der Waals surface area (Å²) in [5.41, 5.74) is 2.90. The molecule has 0 amide bonds. The number of esters is 1. The van der Waals surface area contributed by atoms with E-state index >= 15 is 0 Å². The SMILES string of the molecule is CC(=O)Oc1c(C)cc(OC[Si](C)(C)c2ccccc2)c(C)c1C. The van der Waals surface area contributed by atoms with Crippen molar-refractivity contribution < 1.29 is 14.3 Å². The maximum absolute atomic E-state index is 11.3. The van der Waals surface area contributed by atoms with E-state index in [4.69, 9.17) is 9.47 Å². The summed E-state index contributed by atoms with van der Waals surface area (Å²) >= 11 is 0. The lowest BCUT2D eigenvalue weighted by Crippen LogP contribution is -2.47. The van der Waals surface area contributed by atoms with Crippen molar-refractivity contribution in [1.82, 2.24) is 0 Å². The number of hydrogen-bond donors (Lipinski definition) is 0. The van der Waals surface area contributed by atoms with Crippen LogP contribution in [0.4, 0.5) is 0 Å². The molecule has 0 aliphatic heterocycles. The van der Waals surface area contributed by atoms with Crippen molar-refractivity contribution in [3.63, 3.8) is 0 Å². The Labute approximate surface area is 145 Å². The third-order valence-corrected chi connectivity index (χ3v) is 7.13. The van der Waals surface area contributed by atoms with Crippen molar-refractivity contribution in [2.24, 2.45) is 0 Å². The summed E-state index contributed by atoms with van der Waals surface area (Å²) in [4.78, 5) is 11.3. The van der Waals surface area contributed by atoms with Gasteiger partial charge >= 0.3 is 5.97 Å². The Balaban J connectivity index is 2.23. The number of carbonyl (C=O) groups excluding carboxylic acids is 1. The van der Waals surface area contributed by atoms with E-state index in [0.717, 1.165) is 22.4 Å². The Bertz CT molecular complexity index is 736. The standard InChI is InChI=1S/C20H26O3Si/c1-14-12-19(15(2)16(3)20(14)23-17(4)21)22-13-24(5,6)18-10-8-7-9-11-18/h7-12H,13H2,1-6H3. The number of benzene rings is 2. The number of carbonyl (C=O) groups is 1. The van der Waals surface area contributed by atoms with Gasteiger partial charge in [0, 0.05) is 6.92 Å². The molecule has 2 aromatic rings. The number of aryl methyl sites for hydroxylation is 1. The highest BCUT2D eigenvalue weighted by Crippen LogP contribution is 2.33. The topological polar surface area (TPSA) is 35.5 Å². The fourth-order valence-corrected chi connectivity index (χ4v) is 4.48. The Morgan fingerprint density at radius 1 is 1.04 bits per heavy atom. The molecule has 0 aliphatic carbocycles. The zero-order valence-electron chi connectivity index (χ0n) is 15.4. The Morgan fingerprint density at radius 3 is 2.25 bits per heavy atom. The van der Waals surface area contributed by atoms with Crippen LogP contribution in [-0.2, 0) is 4.79 Å². The maximum atomic E-state index is 11.3. The molecule has 0 bridgehead atoms. The monoisotopic (exact) mass is 342 g/mol. The molecule has 0 spiro atoms. The molecule has 24 heavy (non-hydrogen) atoms. The largest absolute Gasteiger partial charge is 0.496 e. The van der Waals surface area contributed by atoms with Crippen molar-refractivity contribution in [3.8, 4) is 11.5 Å². The van der Waals surface area contributed by atoms with Gasteiger partial charge < -0.3 is 9.47 Å². The van der Waals surface area contributed by atoms with Crippen molar-refractivity contribution in [2.75, 3.05) is 6.23 Å². The van der Waals surface area contributed by atoms with Crippen molar-refractivity contribution in [3.05, 3.63) is 53.1 Å². The van der Waals surface area contributed by atoms with E-state index in [1.807, 2.05) is 32.9 Å². The van der Waals surface area contributed by atoms with E-state index in [-0.39, 0.29) is 5.97 Å². The van der Waals surface area contributed by atoms with E-state index in [9.17, 15) is 4.79 Å². The van der Waals surface area contributed by atoms with Gasteiger partial charge in [-0.05, 0) is 43.5 Å². The molecule has 128 valence electrons. The van der Waals surface area contributed by atoms with Crippen molar-refractivity contribution in [2.45, 2.75) is 40.8 Å². The highest BCUT2D eigenvalue weighted by atomic mass is 28.3. The summed E-state index contributed by atoms with van der Waals surface area (Å²) in [5, 5.41) is 1.38. The average Bonchev–Trinajstić information content (AvgIpc) is 2.54. The number of ether oxygens (including phenoxy) is 2. The molecule has 0 radical (unpaired) electrons. The summed E-state index contributed by atoms with van der Waals surface area (Å²) in [5.74, 6) is 1.22. The minimum Gasteiger partial charge on any atom is -0.496 e. The molecule has 4 heteroatoms. The molecule has 0 atom stereocenters. The van der Waals surface area contributed by atoms with Gasteiger partial charge in [0.05, 0.1) is 6.23 Å². The van der Waals surface area contributed by atoms with E-state index in [1.165, 1.54) is 12.1 Å². The zero-order valence-corrected chi connectivity index (χ0v) is 16.4. The maximum Gasteiger partial charge on any atom is 0.308 e. The molecule has 0 saturated heterocycles. The van der Waals surface area contributed by atoms with Gasteiger partial charge in [0.1, 0.15) is 19.6 Å². The number of hydrogen-bond acceptors (Lipinski definition) is 3. The van der Waals surface area contributed by atoms with E-state index in [0.29, 0.717) is 12.0 Å². The third-order valence-electron chi connectivity index (χ3n) is 4.37. The number of rotatable bonds is 5. The summed E-state index contributed by atoms with van der Waals surface area (Å²) < 4.78 is 11.5. The molecule has 0 saturated carbocycles. The van der Waals surface area contributed by atoms with Gasteiger partial charge in [-0.1, -0.05) is 48.6 Å². The van der Waals surface area contributed by atoms with E-state index in [2.05, 4.69) is 37.4 Å². The van der Waals surface area contributed by atoms with Crippen LogP contribution in [0, 0.1) is 20.8 Å². The van der Waals surface area contributed by atoms with Gasteiger partial charge in [-0.15, -0.1) is 0 Å². The van der Waals surface area contributed by atoms with Gasteiger partial charge in [-0.3, -0.25) is 4.79 Å². The summed E-state index contributed by atoms with van der Waals surface area (Å²) in [7, 11) is -1.67. The van der Waals surface area contributed by atoms with Crippen LogP contribution in [-0.4, -0.2) is 20.3 Å². The highest BCUT2D eigenvalue weighted by Gasteiger charge is 2.25. The lowest BCUT2D eigenvalue weighted by Gasteiger charge is -2.24. The second kappa shape index (κ2) is 7.22. The van der Waals surface area contributed by atoms with Crippen molar-refractivity contribution in [1.29, 1.82) is 0 Å². The predicted molar refractivity (Wildman–Crippen MR) is 101 cm³/mol. The van der Waals surface area contributed by atoms with Gasteiger partial charge in [0.25, 0.3) is 0 Å². The van der Waals surface area contributed by atoms with E-state index < -0.39 is 8.07 Å². The summed E-state index contributed by atoms with van der Waals surface area (Å²) in [6.07, 6.45) is 0.712. The van der Waals surface area contributed by atoms with Crippen LogP contribution in [0.25, 0.3) is 0 Å². The van der Waals surface area contributed by atoms with Gasteiger partial charge in [0.2, 0.25) is 0 Å². The normalized spacial score (nSPS) is 11.2. The second-order valence-electron chi connectivity index (χ2n) is 6.90. The molecule has 0 heterocycles. The van der Waals surface area contributed by atoms with Crippen LogP contribution in [0.1, 0.15) is 23.6 Å². The van der Waals surface area contributed by atoms with Crippen LogP contribution < -0.4 is 14.7 Å². The molecule has 3 nitrogen and oxygen atoms in total. The first-order valence-electron chi connectivity index (χ1n) is 8.20. The van der Waals surface area contributed by atoms with Crippen LogP contribution in [0.3, 0.4) is 0 Å². The fraction of sp³-hybridized carbons (Fsp3) is 0.350. The molecule has 2 rings (SSSR count). The molecule has 0 aliphatic rings. The molecule has 0 aromatic heterocycles. The lowest BCUT2D eigenvalue weighted by atomic mass is 10.0. The van der Waals surface area contributed by atoms with Crippen molar-refractivity contribution >= 4 is 19.2 Å². The van der Waals surface area contributed by atoms with Crippen LogP contribution >= 0.6 is 0 Å². The van der Waals surface area contributed by atoms with Crippen LogP contribution in [0.5, 0.6) is 11.5 Å². The molecular formula is C20H26O3Si. The van der Waals surface area contributed by atoms with Gasteiger partial charge in [-0.25, -0.2) is 0 Å². The minimum atomic E-state index is -1.67. The zero-order chi connectivity index (χ0) is 17.9. The highest BCUT2D eigenvalue weighted by molar-refractivity contribution is 6.89. The summed E-state index contributed by atoms with van der Waals surface area (Å²) in [6, 6.07) is 12.5. The predicted octanol–water partition coefficient (Wildman–Crippen LogP) is 4.07. The summed E-state index contributed by atoms with van der Waals surface area (Å²) in [6.45, 7) is 12.0. The molecule has 2 aromatic carbocycles. The first kappa shape index (κ1) is 18.3. The fourth-order valence-electron chi connectivity index (χ4n) is 2.70. The lowest BCUT2D eigenvalue weighted by molar-refractivity contribution is -0.131. The average molecular weight is 343 g/mol. The van der Waals surface area contributed by atoms with Crippen LogP contribution in [0.2, 0.25) is 13.1 Å². The first-order chi connectivity index (χ1) is 11.2. The molecular weight excluding hydrogens is 316 g/mol. The molecule has 0 N–H and O–H groups in total.